The number of aromatic nitrogens is 1. The number of thiazole rings is 1. The van der Waals surface area contributed by atoms with Gasteiger partial charge in [0.1, 0.15) is 5.75 Å². The molecule has 20 heavy (non-hydrogen) atoms. The summed E-state index contributed by atoms with van der Waals surface area (Å²) in [5.74, 6) is 2.24. The summed E-state index contributed by atoms with van der Waals surface area (Å²) in [6.45, 7) is 3.74. The van der Waals surface area contributed by atoms with E-state index >= 15 is 0 Å². The summed E-state index contributed by atoms with van der Waals surface area (Å²) in [5, 5.41) is 5.27. The third-order valence-electron chi connectivity index (χ3n) is 3.43. The average Bonchev–Trinajstić information content (AvgIpc) is 2.89. The van der Waals surface area contributed by atoms with Gasteiger partial charge in [-0.3, -0.25) is 0 Å². The molecular formula is C15H20N2OS2. The van der Waals surface area contributed by atoms with Gasteiger partial charge in [-0.05, 0) is 43.7 Å². The van der Waals surface area contributed by atoms with E-state index < -0.39 is 0 Å². The van der Waals surface area contributed by atoms with Crippen LogP contribution in [-0.4, -0.2) is 29.1 Å². The van der Waals surface area contributed by atoms with E-state index in [-0.39, 0.29) is 0 Å². The lowest BCUT2D eigenvalue weighted by atomic mass is 10.2. The first kappa shape index (κ1) is 14.0. The molecule has 0 saturated carbocycles. The molecule has 1 saturated heterocycles. The number of fused-ring (bicyclic) bond motifs is 1. The lowest BCUT2D eigenvalue weighted by molar-refractivity contribution is 0.341. The number of benzene rings is 1. The van der Waals surface area contributed by atoms with Gasteiger partial charge in [0.25, 0.3) is 0 Å². The summed E-state index contributed by atoms with van der Waals surface area (Å²) in [5.41, 5.74) is 1.05. The molecule has 0 spiro atoms. The molecule has 5 heteroatoms. The Morgan fingerprint density at radius 2 is 2.35 bits per heavy atom. The van der Waals surface area contributed by atoms with Crippen LogP contribution >= 0.6 is 23.1 Å². The van der Waals surface area contributed by atoms with Crippen molar-refractivity contribution in [3.05, 3.63) is 18.2 Å². The molecule has 2 heterocycles. The van der Waals surface area contributed by atoms with Crippen LogP contribution in [0.4, 0.5) is 5.13 Å². The van der Waals surface area contributed by atoms with E-state index in [4.69, 9.17) is 4.74 Å². The second-order valence-corrected chi connectivity index (χ2v) is 7.39. The first-order valence-corrected chi connectivity index (χ1v) is 9.10. The third-order valence-corrected chi connectivity index (χ3v) is 5.80. The van der Waals surface area contributed by atoms with Gasteiger partial charge in [0.05, 0.1) is 16.8 Å². The average molecular weight is 308 g/mol. The van der Waals surface area contributed by atoms with E-state index in [9.17, 15) is 0 Å². The Hall–Kier alpha value is -0.940. The predicted octanol–water partition coefficient (Wildman–Crippen LogP) is 4.39. The van der Waals surface area contributed by atoms with Gasteiger partial charge in [-0.2, -0.15) is 11.8 Å². The van der Waals surface area contributed by atoms with Crippen molar-refractivity contribution in [2.75, 3.05) is 24.2 Å². The van der Waals surface area contributed by atoms with Crippen molar-refractivity contribution in [1.82, 2.24) is 4.98 Å². The molecule has 1 N–H and O–H groups in total. The van der Waals surface area contributed by atoms with Crippen molar-refractivity contribution in [3.63, 3.8) is 0 Å². The van der Waals surface area contributed by atoms with Crippen molar-refractivity contribution >= 4 is 38.4 Å². The second-order valence-electron chi connectivity index (χ2n) is 4.95. The molecule has 1 aliphatic rings. The number of thioether (sulfide) groups is 1. The molecule has 1 unspecified atom stereocenters. The minimum absolute atomic E-state index is 0.703. The topological polar surface area (TPSA) is 34.1 Å². The van der Waals surface area contributed by atoms with E-state index in [2.05, 4.69) is 28.1 Å². The van der Waals surface area contributed by atoms with Crippen LogP contribution < -0.4 is 10.1 Å². The molecule has 1 fully saturated rings. The Morgan fingerprint density at radius 3 is 3.15 bits per heavy atom. The van der Waals surface area contributed by atoms with Gasteiger partial charge < -0.3 is 10.1 Å². The van der Waals surface area contributed by atoms with Crippen LogP contribution in [0.1, 0.15) is 26.2 Å². The highest BCUT2D eigenvalue weighted by atomic mass is 32.2. The standard InChI is InChI=1S/C15H20N2OS2/c1-2-18-11-6-7-13-14(9-11)20-15(17-13)16-10-12-5-3-4-8-19-12/h6-7,9,12H,2-5,8,10H2,1H3,(H,16,17). The molecule has 3 rings (SSSR count). The van der Waals surface area contributed by atoms with Gasteiger partial charge in [0.15, 0.2) is 5.13 Å². The van der Waals surface area contributed by atoms with Crippen LogP contribution in [0.2, 0.25) is 0 Å². The number of rotatable bonds is 5. The minimum atomic E-state index is 0.703. The molecule has 1 aliphatic heterocycles. The highest BCUT2D eigenvalue weighted by Gasteiger charge is 2.14. The molecule has 0 amide bonds. The maximum Gasteiger partial charge on any atom is 0.183 e. The normalized spacial score (nSPS) is 19.1. The first-order valence-electron chi connectivity index (χ1n) is 7.24. The molecule has 0 aliphatic carbocycles. The maximum atomic E-state index is 5.53. The predicted molar refractivity (Wildman–Crippen MR) is 89.4 cm³/mol. The van der Waals surface area contributed by atoms with Crippen LogP contribution in [0.5, 0.6) is 5.75 Å². The molecule has 0 bridgehead atoms. The quantitative estimate of drug-likeness (QED) is 0.888. The van der Waals surface area contributed by atoms with Crippen molar-refractivity contribution in [3.8, 4) is 5.75 Å². The fraction of sp³-hybridized carbons (Fsp3) is 0.533. The molecule has 0 radical (unpaired) electrons. The molecule has 1 aromatic carbocycles. The molecule has 1 atom stereocenters. The summed E-state index contributed by atoms with van der Waals surface area (Å²) in [6, 6.07) is 6.11. The Kier molecular flexibility index (Phi) is 4.68. The SMILES string of the molecule is CCOc1ccc2nc(NCC3CCCCS3)sc2c1. The summed E-state index contributed by atoms with van der Waals surface area (Å²) in [4.78, 5) is 4.64. The van der Waals surface area contributed by atoms with Gasteiger partial charge >= 0.3 is 0 Å². The summed E-state index contributed by atoms with van der Waals surface area (Å²) in [7, 11) is 0. The van der Waals surface area contributed by atoms with Crippen molar-refractivity contribution in [2.45, 2.75) is 31.4 Å². The number of nitrogens with zero attached hydrogens (tertiary/aromatic N) is 1. The summed E-state index contributed by atoms with van der Waals surface area (Å²) < 4.78 is 6.72. The van der Waals surface area contributed by atoms with Crippen LogP contribution in [0.3, 0.4) is 0 Å². The maximum absolute atomic E-state index is 5.53. The van der Waals surface area contributed by atoms with Crippen molar-refractivity contribution < 1.29 is 4.74 Å². The number of hydrogen-bond donors (Lipinski definition) is 1. The van der Waals surface area contributed by atoms with E-state index in [1.165, 1.54) is 29.7 Å². The highest BCUT2D eigenvalue weighted by molar-refractivity contribution is 7.99. The second kappa shape index (κ2) is 6.68. The largest absolute Gasteiger partial charge is 0.494 e. The lowest BCUT2D eigenvalue weighted by Crippen LogP contribution is -2.19. The fourth-order valence-corrected chi connectivity index (χ4v) is 4.55. The Labute approximate surface area is 128 Å². The van der Waals surface area contributed by atoms with Crippen LogP contribution in [0.25, 0.3) is 10.2 Å². The van der Waals surface area contributed by atoms with E-state index in [0.29, 0.717) is 6.61 Å². The minimum Gasteiger partial charge on any atom is -0.494 e. The van der Waals surface area contributed by atoms with Gasteiger partial charge in [-0.25, -0.2) is 4.98 Å². The zero-order chi connectivity index (χ0) is 13.8. The zero-order valence-corrected chi connectivity index (χ0v) is 13.4. The Bertz CT molecular complexity index is 564. The molecule has 3 nitrogen and oxygen atoms in total. The molecule has 1 aromatic heterocycles. The number of nitrogens with one attached hydrogen (secondary N) is 1. The molecule has 2 aromatic rings. The molecular weight excluding hydrogens is 288 g/mol. The number of hydrogen-bond acceptors (Lipinski definition) is 5. The highest BCUT2D eigenvalue weighted by Crippen LogP contribution is 2.30. The monoisotopic (exact) mass is 308 g/mol. The summed E-state index contributed by atoms with van der Waals surface area (Å²) >= 11 is 3.81. The van der Waals surface area contributed by atoms with Crippen LogP contribution in [0.15, 0.2) is 18.2 Å². The van der Waals surface area contributed by atoms with Crippen molar-refractivity contribution in [1.29, 1.82) is 0 Å². The molecule has 108 valence electrons. The van der Waals surface area contributed by atoms with Gasteiger partial charge in [-0.1, -0.05) is 17.8 Å². The van der Waals surface area contributed by atoms with E-state index in [1.807, 2.05) is 19.1 Å². The zero-order valence-electron chi connectivity index (χ0n) is 11.7. The van der Waals surface area contributed by atoms with E-state index in [1.54, 1.807) is 11.3 Å². The van der Waals surface area contributed by atoms with Crippen LogP contribution in [-0.2, 0) is 0 Å². The van der Waals surface area contributed by atoms with Crippen molar-refractivity contribution in [2.24, 2.45) is 0 Å². The Balaban J connectivity index is 1.65. The van der Waals surface area contributed by atoms with Gasteiger partial charge in [0, 0.05) is 11.8 Å². The smallest absolute Gasteiger partial charge is 0.183 e. The number of anilines is 1. The first-order chi connectivity index (χ1) is 9.85. The summed E-state index contributed by atoms with van der Waals surface area (Å²) in [6.07, 6.45) is 4.08. The lowest BCUT2D eigenvalue weighted by Gasteiger charge is -2.21. The Morgan fingerprint density at radius 1 is 1.40 bits per heavy atom. The van der Waals surface area contributed by atoms with Crippen LogP contribution in [0, 0.1) is 0 Å². The van der Waals surface area contributed by atoms with Gasteiger partial charge in [0.2, 0.25) is 0 Å². The number of ether oxygens (including phenoxy) is 1. The van der Waals surface area contributed by atoms with Gasteiger partial charge in [-0.15, -0.1) is 0 Å². The fourth-order valence-electron chi connectivity index (χ4n) is 2.41. The van der Waals surface area contributed by atoms with E-state index in [0.717, 1.165) is 28.2 Å². The third kappa shape index (κ3) is 3.38.